The molecule has 2 aromatic rings. The minimum atomic E-state index is -1.11. The van der Waals surface area contributed by atoms with Crippen LogP contribution in [0.3, 0.4) is 0 Å². The Morgan fingerprint density at radius 3 is 2.59 bits per heavy atom. The van der Waals surface area contributed by atoms with Crippen LogP contribution in [0.5, 0.6) is 5.88 Å². The fourth-order valence-electron chi connectivity index (χ4n) is 1.32. The number of carboxylic acids is 1. The highest BCUT2D eigenvalue weighted by atomic mass is 16.5. The number of aromatic nitrogens is 3. The van der Waals surface area contributed by atoms with Crippen molar-refractivity contribution >= 4 is 17.1 Å². The Morgan fingerprint density at radius 2 is 2.06 bits per heavy atom. The molecule has 0 aliphatic carbocycles. The zero-order valence-electron chi connectivity index (χ0n) is 10.2. The second kappa shape index (κ2) is 5.29. The molecule has 2 heterocycles. The van der Waals surface area contributed by atoms with Gasteiger partial charge < -0.3 is 14.8 Å². The maximum absolute atomic E-state index is 10.7. The van der Waals surface area contributed by atoms with E-state index < -0.39 is 5.97 Å². The number of ether oxygens (including phenoxy) is 1. The summed E-state index contributed by atoms with van der Waals surface area (Å²) in [6, 6.07) is 1.71. The minimum absolute atomic E-state index is 0.117. The van der Waals surface area contributed by atoms with Gasteiger partial charge in [0, 0.05) is 6.07 Å². The van der Waals surface area contributed by atoms with Gasteiger partial charge in [0.1, 0.15) is 0 Å². The number of pyridine rings is 1. The summed E-state index contributed by atoms with van der Waals surface area (Å²) in [7, 11) is 1.50. The van der Waals surface area contributed by atoms with Crippen molar-refractivity contribution in [3.63, 3.8) is 0 Å². The third-order valence-corrected chi connectivity index (χ3v) is 2.05. The molecule has 0 aliphatic heterocycles. The third kappa shape index (κ3) is 2.52. The predicted molar refractivity (Wildman–Crippen MR) is 63.5 cm³/mol. The second-order valence-electron chi connectivity index (χ2n) is 3.07. The first-order chi connectivity index (χ1) is 8.11. The molecule has 6 nitrogen and oxygen atoms in total. The number of rotatable bonds is 2. The quantitative estimate of drug-likeness (QED) is 0.834. The van der Waals surface area contributed by atoms with Crippen LogP contribution in [0.15, 0.2) is 6.07 Å². The van der Waals surface area contributed by atoms with Crippen molar-refractivity contribution in [2.45, 2.75) is 20.8 Å². The van der Waals surface area contributed by atoms with Crippen molar-refractivity contribution in [2.75, 3.05) is 7.11 Å². The molecule has 0 aromatic carbocycles. The average Bonchev–Trinajstić information content (AvgIpc) is 2.76. The van der Waals surface area contributed by atoms with Crippen LogP contribution in [0.25, 0.3) is 11.2 Å². The molecule has 6 heteroatoms. The van der Waals surface area contributed by atoms with Crippen LogP contribution in [0.4, 0.5) is 0 Å². The van der Waals surface area contributed by atoms with Gasteiger partial charge in [0.05, 0.1) is 12.6 Å². The Labute approximate surface area is 98.7 Å². The van der Waals surface area contributed by atoms with Gasteiger partial charge in [-0.05, 0) is 12.5 Å². The average molecular weight is 237 g/mol. The Morgan fingerprint density at radius 1 is 1.41 bits per heavy atom. The summed E-state index contributed by atoms with van der Waals surface area (Å²) in [6.45, 7) is 5.83. The van der Waals surface area contributed by atoms with Gasteiger partial charge in [-0.15, -0.1) is 0 Å². The van der Waals surface area contributed by atoms with Gasteiger partial charge in [0.25, 0.3) is 0 Å². The largest absolute Gasteiger partial charge is 0.481 e. The van der Waals surface area contributed by atoms with Crippen LogP contribution in [-0.2, 0) is 0 Å². The summed E-state index contributed by atoms with van der Waals surface area (Å²) in [5.41, 5.74) is 1.81. The van der Waals surface area contributed by atoms with E-state index in [0.717, 1.165) is 5.56 Å². The second-order valence-corrected chi connectivity index (χ2v) is 3.07. The lowest BCUT2D eigenvalue weighted by atomic mass is 10.3. The van der Waals surface area contributed by atoms with Gasteiger partial charge in [0.15, 0.2) is 5.65 Å². The zero-order valence-corrected chi connectivity index (χ0v) is 10.2. The monoisotopic (exact) mass is 237 g/mol. The lowest BCUT2D eigenvalue weighted by Gasteiger charge is -1.99. The van der Waals surface area contributed by atoms with Crippen molar-refractivity contribution in [2.24, 2.45) is 0 Å². The molecule has 0 spiro atoms. The summed E-state index contributed by atoms with van der Waals surface area (Å²) in [4.78, 5) is 21.2. The number of aromatic carboxylic acids is 1. The van der Waals surface area contributed by atoms with Crippen molar-refractivity contribution < 1.29 is 14.6 Å². The van der Waals surface area contributed by atoms with Crippen LogP contribution < -0.4 is 4.74 Å². The molecule has 0 fully saturated rings. The highest BCUT2D eigenvalue weighted by Gasteiger charge is 2.12. The number of aryl methyl sites for hydroxylation is 1. The molecule has 0 saturated carbocycles. The van der Waals surface area contributed by atoms with Crippen LogP contribution in [0.1, 0.15) is 30.0 Å². The Hall–Kier alpha value is -2.11. The molecule has 0 radical (unpaired) electrons. The van der Waals surface area contributed by atoms with Gasteiger partial charge in [-0.2, -0.15) is 4.98 Å². The standard InChI is InChI=1S/C9H9N3O3.C2H6/c1-4-3-5(15-2)10-7-6(4)11-8(12-7)9(13)14;1-2/h3H,1-2H3,(H,13,14)(H,10,11,12);1-2H3. The highest BCUT2D eigenvalue weighted by molar-refractivity contribution is 5.88. The van der Waals surface area contributed by atoms with E-state index in [9.17, 15) is 4.79 Å². The first-order valence-electron chi connectivity index (χ1n) is 5.26. The van der Waals surface area contributed by atoms with Crippen molar-refractivity contribution in [3.05, 3.63) is 17.5 Å². The Balaban J connectivity index is 0.000000686. The number of nitrogens with zero attached hydrogens (tertiary/aromatic N) is 2. The van der Waals surface area contributed by atoms with Crippen LogP contribution in [0.2, 0.25) is 0 Å². The third-order valence-electron chi connectivity index (χ3n) is 2.05. The SMILES string of the molecule is CC.COc1cc(C)c2[nH]c(C(=O)O)nc2n1. The van der Waals surface area contributed by atoms with Crippen molar-refractivity contribution in [3.8, 4) is 5.88 Å². The molecule has 0 saturated heterocycles. The van der Waals surface area contributed by atoms with Gasteiger partial charge in [0.2, 0.25) is 11.7 Å². The molecule has 2 N–H and O–H groups in total. The molecule has 2 aromatic heterocycles. The number of hydrogen-bond acceptors (Lipinski definition) is 4. The Kier molecular flexibility index (Phi) is 4.03. The van der Waals surface area contributed by atoms with Gasteiger partial charge >= 0.3 is 5.97 Å². The molecule has 0 bridgehead atoms. The topological polar surface area (TPSA) is 88.1 Å². The number of carboxylic acid groups (broad SMARTS) is 1. The van der Waals surface area contributed by atoms with Crippen LogP contribution in [0, 0.1) is 6.92 Å². The van der Waals surface area contributed by atoms with Crippen molar-refractivity contribution in [1.82, 2.24) is 15.0 Å². The van der Waals surface area contributed by atoms with Crippen LogP contribution >= 0.6 is 0 Å². The number of hydrogen-bond donors (Lipinski definition) is 2. The summed E-state index contributed by atoms with van der Waals surface area (Å²) in [6.07, 6.45) is 0. The molecule has 2 rings (SSSR count). The summed E-state index contributed by atoms with van der Waals surface area (Å²) in [5, 5.41) is 8.75. The number of methoxy groups -OCH3 is 1. The summed E-state index contributed by atoms with van der Waals surface area (Å²) < 4.78 is 4.96. The fourth-order valence-corrected chi connectivity index (χ4v) is 1.32. The molecule has 0 amide bonds. The lowest BCUT2D eigenvalue weighted by molar-refractivity contribution is 0.0685. The van der Waals surface area contributed by atoms with Gasteiger partial charge in [-0.1, -0.05) is 13.8 Å². The van der Waals surface area contributed by atoms with Gasteiger partial charge in [-0.25, -0.2) is 9.78 Å². The van der Waals surface area contributed by atoms with Crippen LogP contribution in [-0.4, -0.2) is 33.1 Å². The summed E-state index contributed by atoms with van der Waals surface area (Å²) >= 11 is 0. The normalized spacial score (nSPS) is 9.65. The first-order valence-corrected chi connectivity index (χ1v) is 5.26. The molecule has 17 heavy (non-hydrogen) atoms. The number of aromatic amines is 1. The number of fused-ring (bicyclic) bond motifs is 1. The maximum Gasteiger partial charge on any atom is 0.371 e. The van der Waals surface area contributed by atoms with E-state index in [0.29, 0.717) is 17.0 Å². The molecule has 92 valence electrons. The zero-order chi connectivity index (χ0) is 13.0. The Bertz CT molecular complexity index is 534. The number of imidazole rings is 1. The molecule has 0 unspecified atom stereocenters. The molecule has 0 atom stereocenters. The number of nitrogens with one attached hydrogen (secondary N) is 1. The predicted octanol–water partition coefficient (Wildman–Crippen LogP) is 2.00. The maximum atomic E-state index is 10.7. The van der Waals surface area contributed by atoms with E-state index in [4.69, 9.17) is 9.84 Å². The molecular formula is C11H15N3O3. The minimum Gasteiger partial charge on any atom is -0.481 e. The van der Waals surface area contributed by atoms with E-state index in [1.807, 2.05) is 20.8 Å². The van der Waals surface area contributed by atoms with E-state index in [1.165, 1.54) is 7.11 Å². The van der Waals surface area contributed by atoms with Crippen molar-refractivity contribution in [1.29, 1.82) is 0 Å². The smallest absolute Gasteiger partial charge is 0.371 e. The molecule has 0 aliphatic rings. The molecular weight excluding hydrogens is 222 g/mol. The van der Waals surface area contributed by atoms with E-state index >= 15 is 0 Å². The lowest BCUT2D eigenvalue weighted by Crippen LogP contribution is -1.97. The highest BCUT2D eigenvalue weighted by Crippen LogP contribution is 2.19. The van der Waals surface area contributed by atoms with E-state index in [1.54, 1.807) is 6.07 Å². The first kappa shape index (κ1) is 13.0. The summed E-state index contributed by atoms with van der Waals surface area (Å²) in [5.74, 6) is -0.802. The number of carbonyl (C=O) groups is 1. The van der Waals surface area contributed by atoms with E-state index in [-0.39, 0.29) is 5.82 Å². The van der Waals surface area contributed by atoms with Gasteiger partial charge in [-0.3, -0.25) is 0 Å². The number of H-pyrrole nitrogens is 1. The fraction of sp³-hybridized carbons (Fsp3) is 0.364. The van der Waals surface area contributed by atoms with E-state index in [2.05, 4.69) is 15.0 Å².